The van der Waals surface area contributed by atoms with E-state index >= 15 is 0 Å². The Labute approximate surface area is 187 Å². The Bertz CT molecular complexity index is 670. The summed E-state index contributed by atoms with van der Waals surface area (Å²) in [6.07, 6.45) is 16.6. The van der Waals surface area contributed by atoms with Crippen LogP contribution in [0, 0.1) is 45.8 Å². The molecule has 3 unspecified atom stereocenters. The summed E-state index contributed by atoms with van der Waals surface area (Å²) in [6, 6.07) is 0. The first-order chi connectivity index (χ1) is 13.9. The van der Waals surface area contributed by atoms with E-state index in [9.17, 15) is 5.11 Å². The number of rotatable bonds is 4. The second kappa shape index (κ2) is 7.64. The molecule has 8 atom stereocenters. The quantitative estimate of drug-likeness (QED) is 0.460. The van der Waals surface area contributed by atoms with E-state index in [1.807, 2.05) is 0 Å². The van der Waals surface area contributed by atoms with Crippen molar-refractivity contribution < 1.29 is 5.11 Å². The van der Waals surface area contributed by atoms with Crippen LogP contribution >= 0.6 is 0 Å². The average Bonchev–Trinajstić information content (AvgIpc) is 3.03. The Morgan fingerprint density at radius 3 is 2.47 bits per heavy atom. The van der Waals surface area contributed by atoms with Gasteiger partial charge >= 0.3 is 0 Å². The highest BCUT2D eigenvalue weighted by atomic mass is 16.3. The zero-order valence-corrected chi connectivity index (χ0v) is 21.2. The van der Waals surface area contributed by atoms with E-state index in [0.29, 0.717) is 16.2 Å². The lowest BCUT2D eigenvalue weighted by Crippen LogP contribution is -2.52. The summed E-state index contributed by atoms with van der Waals surface area (Å²) in [7, 11) is 0. The van der Waals surface area contributed by atoms with Crippen molar-refractivity contribution in [1.82, 2.24) is 0 Å². The van der Waals surface area contributed by atoms with Crippen molar-refractivity contribution >= 4 is 0 Å². The molecule has 0 radical (unpaired) electrons. The normalized spacial score (nSPS) is 47.1. The largest absolute Gasteiger partial charge is 0.390 e. The second-order valence-corrected chi connectivity index (χ2v) is 13.8. The van der Waals surface area contributed by atoms with Crippen LogP contribution in [0.4, 0.5) is 0 Å². The highest BCUT2D eigenvalue weighted by Crippen LogP contribution is 2.67. The molecular formula is C29H50O. The molecule has 0 aromatic carbocycles. The van der Waals surface area contributed by atoms with Gasteiger partial charge in [-0.3, -0.25) is 0 Å². The molecule has 0 aromatic rings. The Kier molecular flexibility index (Phi) is 5.82. The van der Waals surface area contributed by atoms with Gasteiger partial charge in [-0.1, -0.05) is 60.1 Å². The monoisotopic (exact) mass is 414 g/mol. The molecule has 4 aliphatic carbocycles. The van der Waals surface area contributed by atoms with Crippen LogP contribution < -0.4 is 0 Å². The van der Waals surface area contributed by atoms with Crippen LogP contribution in [0.15, 0.2) is 11.6 Å². The van der Waals surface area contributed by atoms with Gasteiger partial charge in [0.1, 0.15) is 0 Å². The fraction of sp³-hybridized carbons (Fsp3) is 0.931. The number of hydrogen-bond donors (Lipinski definition) is 1. The summed E-state index contributed by atoms with van der Waals surface area (Å²) < 4.78 is 0. The Morgan fingerprint density at radius 2 is 1.80 bits per heavy atom. The molecule has 30 heavy (non-hydrogen) atoms. The van der Waals surface area contributed by atoms with Crippen LogP contribution in [-0.2, 0) is 0 Å². The van der Waals surface area contributed by atoms with E-state index in [4.69, 9.17) is 0 Å². The summed E-state index contributed by atoms with van der Waals surface area (Å²) >= 11 is 0. The molecule has 0 saturated heterocycles. The molecule has 1 N–H and O–H groups in total. The Balaban J connectivity index is 1.52. The van der Waals surface area contributed by atoms with Crippen molar-refractivity contribution in [3.63, 3.8) is 0 Å². The molecule has 3 fully saturated rings. The summed E-state index contributed by atoms with van der Waals surface area (Å²) in [5.74, 6) is 4.49. The van der Waals surface area contributed by atoms with Crippen LogP contribution in [0.5, 0.6) is 0 Å². The fourth-order valence-corrected chi connectivity index (χ4v) is 8.85. The SMILES string of the molecule is CC[C@]1(O)CC[C@@]2(C)C(=CCC3C2CC[C@@]2(C)C3CC[C@@H]2[C@H](C)CCC(C)(C)C)C1. The summed E-state index contributed by atoms with van der Waals surface area (Å²) in [4.78, 5) is 0. The maximum Gasteiger partial charge on any atom is 0.0682 e. The van der Waals surface area contributed by atoms with Gasteiger partial charge in [-0.05, 0) is 116 Å². The van der Waals surface area contributed by atoms with Crippen LogP contribution in [0.1, 0.15) is 119 Å². The van der Waals surface area contributed by atoms with Gasteiger partial charge < -0.3 is 5.11 Å². The highest BCUT2D eigenvalue weighted by Gasteiger charge is 2.59. The van der Waals surface area contributed by atoms with Crippen molar-refractivity contribution in [3.8, 4) is 0 Å². The molecule has 0 aliphatic heterocycles. The lowest BCUT2D eigenvalue weighted by molar-refractivity contribution is -0.0757. The predicted molar refractivity (Wildman–Crippen MR) is 128 cm³/mol. The van der Waals surface area contributed by atoms with Crippen molar-refractivity contribution in [2.24, 2.45) is 45.8 Å². The number of aliphatic hydroxyl groups is 1. The van der Waals surface area contributed by atoms with Gasteiger partial charge in [0.15, 0.2) is 0 Å². The minimum atomic E-state index is -0.428. The molecule has 1 heteroatoms. The van der Waals surface area contributed by atoms with Crippen molar-refractivity contribution in [1.29, 1.82) is 0 Å². The molecule has 1 nitrogen and oxygen atoms in total. The van der Waals surface area contributed by atoms with Crippen LogP contribution in [0.2, 0.25) is 0 Å². The lowest BCUT2D eigenvalue weighted by atomic mass is 9.46. The molecule has 172 valence electrons. The Hall–Kier alpha value is -0.300. The molecular weight excluding hydrogens is 364 g/mol. The number of hydrogen-bond acceptors (Lipinski definition) is 1. The van der Waals surface area contributed by atoms with Crippen LogP contribution in [0.3, 0.4) is 0 Å². The van der Waals surface area contributed by atoms with Gasteiger partial charge in [0.05, 0.1) is 5.60 Å². The Morgan fingerprint density at radius 1 is 1.07 bits per heavy atom. The molecule has 4 aliphatic rings. The molecule has 3 saturated carbocycles. The minimum absolute atomic E-state index is 0.363. The summed E-state index contributed by atoms with van der Waals surface area (Å²) in [6.45, 7) is 17.2. The molecule has 4 rings (SSSR count). The summed E-state index contributed by atoms with van der Waals surface area (Å²) in [5.41, 5.74) is 2.59. The molecule has 0 heterocycles. The molecule has 0 spiro atoms. The minimum Gasteiger partial charge on any atom is -0.390 e. The van der Waals surface area contributed by atoms with E-state index in [0.717, 1.165) is 48.9 Å². The predicted octanol–water partition coefficient (Wildman–Crippen LogP) is 8.17. The zero-order chi connectivity index (χ0) is 21.9. The van der Waals surface area contributed by atoms with E-state index < -0.39 is 5.60 Å². The maximum absolute atomic E-state index is 11.0. The van der Waals surface area contributed by atoms with Gasteiger partial charge in [-0.25, -0.2) is 0 Å². The van der Waals surface area contributed by atoms with E-state index in [1.165, 1.54) is 51.4 Å². The standard InChI is InChI=1S/C29H50O/c1-8-29(30)18-17-27(6)21(19-29)9-10-22-24-12-11-23(20(2)13-15-26(3,4)5)28(24,7)16-14-25(22)27/h9,20,22-25,30H,8,10-19H2,1-7H3/t20-,22?,23-,24?,25?,27+,28-,29+/m1/s1. The smallest absolute Gasteiger partial charge is 0.0682 e. The number of allylic oxidation sites excluding steroid dienone is 1. The zero-order valence-electron chi connectivity index (χ0n) is 21.2. The first kappa shape index (κ1) is 22.9. The van der Waals surface area contributed by atoms with Crippen molar-refractivity contribution in [2.75, 3.05) is 0 Å². The molecule has 0 aromatic heterocycles. The number of fused-ring (bicyclic) bond motifs is 5. The van der Waals surface area contributed by atoms with Crippen LogP contribution in [-0.4, -0.2) is 10.7 Å². The van der Waals surface area contributed by atoms with Crippen LogP contribution in [0.25, 0.3) is 0 Å². The maximum atomic E-state index is 11.0. The topological polar surface area (TPSA) is 20.2 Å². The second-order valence-electron chi connectivity index (χ2n) is 13.8. The van der Waals surface area contributed by atoms with Gasteiger partial charge in [0.2, 0.25) is 0 Å². The van der Waals surface area contributed by atoms with Gasteiger partial charge in [0, 0.05) is 0 Å². The van der Waals surface area contributed by atoms with Gasteiger partial charge in [0.25, 0.3) is 0 Å². The third-order valence-corrected chi connectivity index (χ3v) is 11.0. The molecule has 0 amide bonds. The molecule has 0 bridgehead atoms. The average molecular weight is 415 g/mol. The van der Waals surface area contributed by atoms with Gasteiger partial charge in [-0.2, -0.15) is 0 Å². The third kappa shape index (κ3) is 3.74. The summed E-state index contributed by atoms with van der Waals surface area (Å²) in [5, 5.41) is 11.0. The highest BCUT2D eigenvalue weighted by molar-refractivity contribution is 5.27. The fourth-order valence-electron chi connectivity index (χ4n) is 8.85. The first-order valence-corrected chi connectivity index (χ1v) is 13.3. The van der Waals surface area contributed by atoms with Crippen molar-refractivity contribution in [2.45, 2.75) is 125 Å². The first-order valence-electron chi connectivity index (χ1n) is 13.3. The van der Waals surface area contributed by atoms with E-state index in [-0.39, 0.29) is 0 Å². The van der Waals surface area contributed by atoms with Gasteiger partial charge in [-0.15, -0.1) is 0 Å². The lowest BCUT2D eigenvalue weighted by Gasteiger charge is -2.59. The van der Waals surface area contributed by atoms with Crippen molar-refractivity contribution in [3.05, 3.63) is 11.6 Å². The third-order valence-electron chi connectivity index (χ3n) is 11.0. The van der Waals surface area contributed by atoms with E-state index in [2.05, 4.69) is 54.5 Å². The van der Waals surface area contributed by atoms with E-state index in [1.54, 1.807) is 5.57 Å².